The molecule has 0 bridgehead atoms. The van der Waals surface area contributed by atoms with Crippen molar-refractivity contribution in [1.82, 2.24) is 9.78 Å². The summed E-state index contributed by atoms with van der Waals surface area (Å²) in [6.45, 7) is 4.94. The molecule has 5 heteroatoms. The summed E-state index contributed by atoms with van der Waals surface area (Å²) in [6.07, 6.45) is 1.68. The van der Waals surface area contributed by atoms with Crippen molar-refractivity contribution in [1.29, 1.82) is 0 Å². The van der Waals surface area contributed by atoms with Crippen molar-refractivity contribution in [3.63, 3.8) is 0 Å². The van der Waals surface area contributed by atoms with Crippen LogP contribution in [-0.2, 0) is 17.8 Å². The quantitative estimate of drug-likeness (QED) is 0.812. The number of nitrogens with zero attached hydrogens (tertiary/aromatic N) is 3. The maximum absolute atomic E-state index is 11.6. The predicted molar refractivity (Wildman–Crippen MR) is 80.5 cm³/mol. The molecule has 5 nitrogen and oxygen atoms in total. The standard InChI is InChI=1S/C16H17N3O2/c1-3-19-14(10-20)9-15(17-19)12-4-5-16-13(8-12)6-7-18(16)11(2)21/h4-5,8-10H,3,6-7H2,1-2H3. The van der Waals surface area contributed by atoms with Crippen LogP contribution < -0.4 is 4.90 Å². The first kappa shape index (κ1) is 13.5. The molecule has 3 rings (SSSR count). The minimum absolute atomic E-state index is 0.0694. The number of fused-ring (bicyclic) bond motifs is 1. The lowest BCUT2D eigenvalue weighted by Crippen LogP contribution is -2.25. The summed E-state index contributed by atoms with van der Waals surface area (Å²) in [6, 6.07) is 7.78. The van der Waals surface area contributed by atoms with Gasteiger partial charge in [-0.2, -0.15) is 5.10 Å². The molecule has 0 spiro atoms. The number of carbonyl (C=O) groups is 2. The van der Waals surface area contributed by atoms with E-state index in [9.17, 15) is 9.59 Å². The number of aryl methyl sites for hydroxylation is 1. The average molecular weight is 283 g/mol. The van der Waals surface area contributed by atoms with Gasteiger partial charge in [-0.05, 0) is 37.1 Å². The molecule has 108 valence electrons. The van der Waals surface area contributed by atoms with Crippen LogP contribution in [0.15, 0.2) is 24.3 Å². The largest absolute Gasteiger partial charge is 0.312 e. The van der Waals surface area contributed by atoms with Gasteiger partial charge in [0, 0.05) is 31.3 Å². The van der Waals surface area contributed by atoms with Gasteiger partial charge in [0.25, 0.3) is 0 Å². The third-order valence-electron chi connectivity index (χ3n) is 3.88. The highest BCUT2D eigenvalue weighted by atomic mass is 16.2. The van der Waals surface area contributed by atoms with Crippen LogP contribution in [0.4, 0.5) is 5.69 Å². The van der Waals surface area contributed by atoms with E-state index in [-0.39, 0.29) is 5.91 Å². The zero-order valence-corrected chi connectivity index (χ0v) is 12.2. The van der Waals surface area contributed by atoms with Crippen molar-refractivity contribution in [2.45, 2.75) is 26.8 Å². The minimum Gasteiger partial charge on any atom is -0.312 e. The van der Waals surface area contributed by atoms with Crippen molar-refractivity contribution in [2.75, 3.05) is 11.4 Å². The first-order valence-electron chi connectivity index (χ1n) is 7.08. The fourth-order valence-electron chi connectivity index (χ4n) is 2.81. The highest BCUT2D eigenvalue weighted by Gasteiger charge is 2.22. The third-order valence-corrected chi connectivity index (χ3v) is 3.88. The van der Waals surface area contributed by atoms with Crippen molar-refractivity contribution >= 4 is 17.9 Å². The van der Waals surface area contributed by atoms with Gasteiger partial charge in [-0.1, -0.05) is 6.07 Å². The molecule has 1 aromatic carbocycles. The molecule has 2 heterocycles. The summed E-state index contributed by atoms with van der Waals surface area (Å²) in [5.41, 5.74) is 4.49. The summed E-state index contributed by atoms with van der Waals surface area (Å²) in [7, 11) is 0. The van der Waals surface area contributed by atoms with Crippen LogP contribution in [0.5, 0.6) is 0 Å². The van der Waals surface area contributed by atoms with Crippen LogP contribution in [-0.4, -0.2) is 28.5 Å². The second-order valence-corrected chi connectivity index (χ2v) is 5.15. The normalized spacial score (nSPS) is 13.3. The van der Waals surface area contributed by atoms with E-state index in [1.807, 2.05) is 19.1 Å². The first-order chi connectivity index (χ1) is 10.1. The lowest BCUT2D eigenvalue weighted by molar-refractivity contribution is -0.116. The summed E-state index contributed by atoms with van der Waals surface area (Å²) >= 11 is 0. The third kappa shape index (κ3) is 2.24. The van der Waals surface area contributed by atoms with Gasteiger partial charge in [-0.15, -0.1) is 0 Å². The number of aldehydes is 1. The van der Waals surface area contributed by atoms with Crippen LogP contribution in [0.3, 0.4) is 0 Å². The summed E-state index contributed by atoms with van der Waals surface area (Å²) < 4.78 is 1.69. The number of benzene rings is 1. The van der Waals surface area contributed by atoms with Gasteiger partial charge >= 0.3 is 0 Å². The molecule has 0 radical (unpaired) electrons. The maximum Gasteiger partial charge on any atom is 0.223 e. The maximum atomic E-state index is 11.6. The van der Waals surface area contributed by atoms with E-state index in [4.69, 9.17) is 0 Å². The molecule has 1 aromatic heterocycles. The Morgan fingerprint density at radius 2 is 2.19 bits per heavy atom. The Labute approximate surface area is 123 Å². The SMILES string of the molecule is CCn1nc(-c2ccc3c(c2)CCN3C(C)=O)cc1C=O. The van der Waals surface area contributed by atoms with E-state index in [1.165, 1.54) is 0 Å². The summed E-state index contributed by atoms with van der Waals surface area (Å²) in [5, 5.41) is 4.45. The highest BCUT2D eigenvalue weighted by molar-refractivity contribution is 5.94. The molecule has 1 aliphatic heterocycles. The number of aromatic nitrogens is 2. The monoisotopic (exact) mass is 283 g/mol. The highest BCUT2D eigenvalue weighted by Crippen LogP contribution is 2.32. The molecule has 0 atom stereocenters. The molecule has 0 fully saturated rings. The molecule has 0 N–H and O–H groups in total. The van der Waals surface area contributed by atoms with E-state index >= 15 is 0 Å². The minimum atomic E-state index is 0.0694. The average Bonchev–Trinajstić information content (AvgIpc) is 3.09. The van der Waals surface area contributed by atoms with E-state index < -0.39 is 0 Å². The Kier molecular flexibility index (Phi) is 3.33. The molecule has 1 aliphatic rings. The molecule has 2 aromatic rings. The Hall–Kier alpha value is -2.43. The molecular weight excluding hydrogens is 266 g/mol. The van der Waals surface area contributed by atoms with Crippen LogP contribution >= 0.6 is 0 Å². The summed E-state index contributed by atoms with van der Waals surface area (Å²) in [4.78, 5) is 24.4. The van der Waals surface area contributed by atoms with Gasteiger partial charge in [0.2, 0.25) is 5.91 Å². The van der Waals surface area contributed by atoms with E-state index in [0.717, 1.165) is 41.8 Å². The Morgan fingerprint density at radius 1 is 1.38 bits per heavy atom. The number of amides is 1. The topological polar surface area (TPSA) is 55.2 Å². The van der Waals surface area contributed by atoms with Gasteiger partial charge in [0.05, 0.1) is 5.69 Å². The molecule has 1 amide bonds. The van der Waals surface area contributed by atoms with Crippen LogP contribution in [0.1, 0.15) is 29.9 Å². The fraction of sp³-hybridized carbons (Fsp3) is 0.312. The number of carbonyl (C=O) groups excluding carboxylic acids is 2. The van der Waals surface area contributed by atoms with Gasteiger partial charge in [0.15, 0.2) is 6.29 Å². The van der Waals surface area contributed by atoms with Gasteiger partial charge in [-0.3, -0.25) is 14.3 Å². The number of hydrogen-bond donors (Lipinski definition) is 0. The molecule has 21 heavy (non-hydrogen) atoms. The predicted octanol–water partition coefficient (Wildman–Crippen LogP) is 2.29. The zero-order chi connectivity index (χ0) is 15.0. The van der Waals surface area contributed by atoms with Gasteiger partial charge in [0.1, 0.15) is 5.69 Å². The van der Waals surface area contributed by atoms with Crippen LogP contribution in [0.25, 0.3) is 11.3 Å². The summed E-state index contributed by atoms with van der Waals surface area (Å²) in [5.74, 6) is 0.0694. The van der Waals surface area contributed by atoms with E-state index in [1.54, 1.807) is 22.6 Å². The lowest BCUT2D eigenvalue weighted by atomic mass is 10.1. The van der Waals surface area contributed by atoms with Gasteiger partial charge in [-0.25, -0.2) is 0 Å². The molecule has 0 unspecified atom stereocenters. The number of hydrogen-bond acceptors (Lipinski definition) is 3. The van der Waals surface area contributed by atoms with E-state index in [2.05, 4.69) is 11.2 Å². The molecule has 0 aliphatic carbocycles. The lowest BCUT2D eigenvalue weighted by Gasteiger charge is -2.14. The molecule has 0 saturated carbocycles. The second-order valence-electron chi connectivity index (χ2n) is 5.15. The smallest absolute Gasteiger partial charge is 0.223 e. The zero-order valence-electron chi connectivity index (χ0n) is 12.2. The van der Waals surface area contributed by atoms with E-state index in [0.29, 0.717) is 12.2 Å². The molecule has 0 saturated heterocycles. The van der Waals surface area contributed by atoms with Gasteiger partial charge < -0.3 is 4.90 Å². The van der Waals surface area contributed by atoms with Crippen molar-refractivity contribution in [2.24, 2.45) is 0 Å². The second kappa shape index (κ2) is 5.16. The van der Waals surface area contributed by atoms with Crippen molar-refractivity contribution < 1.29 is 9.59 Å². The molecular formula is C16H17N3O2. The van der Waals surface area contributed by atoms with Crippen molar-refractivity contribution in [3.8, 4) is 11.3 Å². The van der Waals surface area contributed by atoms with Crippen LogP contribution in [0, 0.1) is 0 Å². The van der Waals surface area contributed by atoms with Crippen LogP contribution in [0.2, 0.25) is 0 Å². The fourth-order valence-corrected chi connectivity index (χ4v) is 2.81. The Morgan fingerprint density at radius 3 is 2.81 bits per heavy atom. The Balaban J connectivity index is 2.00. The number of rotatable bonds is 3. The first-order valence-corrected chi connectivity index (χ1v) is 7.08. The van der Waals surface area contributed by atoms with Crippen molar-refractivity contribution in [3.05, 3.63) is 35.5 Å². The number of anilines is 1. The Bertz CT molecular complexity index is 718.